The SMILES string of the molecule is CCS(=O)(=O)C1CN(C(=O)c2c(C)nn(C)c2C)C1. The molecule has 0 spiro atoms. The molecule has 1 aliphatic rings. The summed E-state index contributed by atoms with van der Waals surface area (Å²) in [5, 5.41) is 3.80. The largest absolute Gasteiger partial charge is 0.336 e. The second-order valence-electron chi connectivity index (χ2n) is 4.95. The van der Waals surface area contributed by atoms with Crippen LogP contribution in [0.1, 0.15) is 28.7 Å². The van der Waals surface area contributed by atoms with Crippen LogP contribution in [0.15, 0.2) is 0 Å². The van der Waals surface area contributed by atoms with Crippen molar-refractivity contribution in [2.45, 2.75) is 26.0 Å². The molecule has 106 valence electrons. The number of amides is 1. The van der Waals surface area contributed by atoms with Crippen LogP contribution in [0, 0.1) is 13.8 Å². The lowest BCUT2D eigenvalue weighted by atomic mass is 10.1. The van der Waals surface area contributed by atoms with Crippen molar-refractivity contribution in [2.75, 3.05) is 18.8 Å². The van der Waals surface area contributed by atoms with Gasteiger partial charge in [-0.2, -0.15) is 5.10 Å². The van der Waals surface area contributed by atoms with Crippen molar-refractivity contribution in [1.29, 1.82) is 0 Å². The Balaban J connectivity index is 2.13. The number of aromatic nitrogens is 2. The Hall–Kier alpha value is -1.37. The molecular weight excluding hydrogens is 266 g/mol. The molecule has 2 heterocycles. The first-order valence-corrected chi connectivity index (χ1v) is 8.00. The van der Waals surface area contributed by atoms with Gasteiger partial charge in [-0.1, -0.05) is 6.92 Å². The Labute approximate surface area is 113 Å². The number of sulfone groups is 1. The van der Waals surface area contributed by atoms with Crippen LogP contribution in [0.2, 0.25) is 0 Å². The van der Waals surface area contributed by atoms with Gasteiger partial charge < -0.3 is 4.90 Å². The minimum absolute atomic E-state index is 0.120. The number of nitrogens with zero attached hydrogens (tertiary/aromatic N) is 3. The van der Waals surface area contributed by atoms with E-state index in [4.69, 9.17) is 0 Å². The maximum atomic E-state index is 12.3. The molecule has 6 nitrogen and oxygen atoms in total. The monoisotopic (exact) mass is 285 g/mol. The van der Waals surface area contributed by atoms with Crippen LogP contribution in [0.5, 0.6) is 0 Å². The molecule has 0 aliphatic carbocycles. The fraction of sp³-hybridized carbons (Fsp3) is 0.667. The molecule has 0 N–H and O–H groups in total. The molecule has 19 heavy (non-hydrogen) atoms. The zero-order valence-corrected chi connectivity index (χ0v) is 12.5. The van der Waals surface area contributed by atoms with Gasteiger partial charge in [-0.3, -0.25) is 9.48 Å². The molecule has 2 rings (SSSR count). The second-order valence-corrected chi connectivity index (χ2v) is 7.52. The molecule has 0 bridgehead atoms. The van der Waals surface area contributed by atoms with Gasteiger partial charge in [-0.15, -0.1) is 0 Å². The van der Waals surface area contributed by atoms with E-state index in [1.165, 1.54) is 0 Å². The van der Waals surface area contributed by atoms with Crippen LogP contribution < -0.4 is 0 Å². The van der Waals surface area contributed by atoms with Crippen LogP contribution in [-0.2, 0) is 16.9 Å². The van der Waals surface area contributed by atoms with Gasteiger partial charge in [0.1, 0.15) is 0 Å². The summed E-state index contributed by atoms with van der Waals surface area (Å²) in [5.74, 6) is 0.00984. The minimum atomic E-state index is -3.04. The second kappa shape index (κ2) is 4.63. The molecule has 1 aromatic heterocycles. The van der Waals surface area contributed by atoms with Crippen molar-refractivity contribution in [3.05, 3.63) is 17.0 Å². The highest BCUT2D eigenvalue weighted by Gasteiger charge is 2.40. The Bertz CT molecular complexity index is 612. The van der Waals surface area contributed by atoms with Crippen molar-refractivity contribution >= 4 is 15.7 Å². The average molecular weight is 285 g/mol. The highest BCUT2D eigenvalue weighted by molar-refractivity contribution is 7.92. The van der Waals surface area contributed by atoms with Gasteiger partial charge in [0.05, 0.1) is 16.5 Å². The Morgan fingerprint density at radius 2 is 1.95 bits per heavy atom. The van der Waals surface area contributed by atoms with Gasteiger partial charge in [-0.25, -0.2) is 8.42 Å². The highest BCUT2D eigenvalue weighted by Crippen LogP contribution is 2.22. The number of rotatable bonds is 3. The van der Waals surface area contributed by atoms with E-state index in [-0.39, 0.29) is 11.7 Å². The number of carbonyl (C=O) groups excluding carboxylic acids is 1. The first kappa shape index (κ1) is 14.0. The number of carbonyl (C=O) groups is 1. The molecule has 0 radical (unpaired) electrons. The highest BCUT2D eigenvalue weighted by atomic mass is 32.2. The molecule has 1 saturated heterocycles. The Kier molecular flexibility index (Phi) is 3.42. The van der Waals surface area contributed by atoms with E-state index in [9.17, 15) is 13.2 Å². The third-order valence-corrected chi connectivity index (χ3v) is 5.89. The van der Waals surface area contributed by atoms with Crippen LogP contribution in [0.4, 0.5) is 0 Å². The zero-order valence-electron chi connectivity index (χ0n) is 11.7. The van der Waals surface area contributed by atoms with Crippen LogP contribution in [-0.4, -0.2) is 53.1 Å². The van der Waals surface area contributed by atoms with Crippen LogP contribution in [0.3, 0.4) is 0 Å². The maximum absolute atomic E-state index is 12.3. The molecule has 7 heteroatoms. The van der Waals surface area contributed by atoms with E-state index in [1.54, 1.807) is 30.5 Å². The lowest BCUT2D eigenvalue weighted by Gasteiger charge is -2.38. The summed E-state index contributed by atoms with van der Waals surface area (Å²) in [6.07, 6.45) is 0. The van der Waals surface area contributed by atoms with E-state index in [0.717, 1.165) is 5.69 Å². The van der Waals surface area contributed by atoms with E-state index in [1.807, 2.05) is 6.92 Å². The summed E-state index contributed by atoms with van der Waals surface area (Å²) in [5.41, 5.74) is 2.09. The van der Waals surface area contributed by atoms with Crippen LogP contribution in [0.25, 0.3) is 0 Å². The van der Waals surface area contributed by atoms with Crippen molar-refractivity contribution in [3.63, 3.8) is 0 Å². The van der Waals surface area contributed by atoms with E-state index in [0.29, 0.717) is 24.3 Å². The third-order valence-electron chi connectivity index (χ3n) is 3.77. The molecule has 1 aromatic rings. The first-order chi connectivity index (χ1) is 8.77. The van der Waals surface area contributed by atoms with Crippen molar-refractivity contribution in [3.8, 4) is 0 Å². The normalized spacial score (nSPS) is 16.5. The third kappa shape index (κ3) is 2.27. The van der Waals surface area contributed by atoms with Gasteiger partial charge in [0.25, 0.3) is 5.91 Å². The average Bonchev–Trinajstić information content (AvgIpc) is 2.50. The molecule has 1 amide bonds. The summed E-state index contributed by atoms with van der Waals surface area (Å²) in [6.45, 7) is 5.86. The fourth-order valence-electron chi connectivity index (χ4n) is 2.31. The zero-order chi connectivity index (χ0) is 14.4. The summed E-state index contributed by atoms with van der Waals surface area (Å²) in [6, 6.07) is 0. The number of aryl methyl sites for hydroxylation is 2. The first-order valence-electron chi connectivity index (χ1n) is 6.29. The molecule has 0 atom stereocenters. The topological polar surface area (TPSA) is 72.3 Å². The predicted molar refractivity (Wildman–Crippen MR) is 71.8 cm³/mol. The van der Waals surface area contributed by atoms with Gasteiger partial charge in [0.15, 0.2) is 9.84 Å². The molecule has 1 aliphatic heterocycles. The smallest absolute Gasteiger partial charge is 0.257 e. The van der Waals surface area contributed by atoms with E-state index in [2.05, 4.69) is 5.10 Å². The Morgan fingerprint density at radius 1 is 1.37 bits per heavy atom. The minimum Gasteiger partial charge on any atom is -0.336 e. The lowest BCUT2D eigenvalue weighted by molar-refractivity contribution is 0.0657. The van der Waals surface area contributed by atoms with E-state index >= 15 is 0 Å². The fourth-order valence-corrected chi connectivity index (χ4v) is 3.59. The van der Waals surface area contributed by atoms with Crippen molar-refractivity contribution in [2.24, 2.45) is 7.05 Å². The van der Waals surface area contributed by atoms with Gasteiger partial charge in [0, 0.05) is 31.6 Å². The van der Waals surface area contributed by atoms with Crippen LogP contribution >= 0.6 is 0 Å². The standard InChI is InChI=1S/C12H19N3O3S/c1-5-19(17,18)10-6-15(7-10)12(16)11-8(2)13-14(4)9(11)3/h10H,5-7H2,1-4H3. The quantitative estimate of drug-likeness (QED) is 0.800. The molecular formula is C12H19N3O3S. The number of likely N-dealkylation sites (tertiary alicyclic amines) is 1. The van der Waals surface area contributed by atoms with Gasteiger partial charge in [0.2, 0.25) is 0 Å². The molecule has 1 fully saturated rings. The predicted octanol–water partition coefficient (Wildman–Crippen LogP) is 0.296. The Morgan fingerprint density at radius 3 is 2.37 bits per heavy atom. The summed E-state index contributed by atoms with van der Waals surface area (Å²) in [4.78, 5) is 13.9. The van der Waals surface area contributed by atoms with E-state index < -0.39 is 15.1 Å². The lowest BCUT2D eigenvalue weighted by Crippen LogP contribution is -2.57. The van der Waals surface area contributed by atoms with Crippen molar-refractivity contribution in [1.82, 2.24) is 14.7 Å². The molecule has 0 unspecified atom stereocenters. The summed E-state index contributed by atoms with van der Waals surface area (Å²) >= 11 is 0. The number of hydrogen-bond donors (Lipinski definition) is 0. The molecule has 0 aromatic carbocycles. The summed E-state index contributed by atoms with van der Waals surface area (Å²) < 4.78 is 25.0. The molecule has 0 saturated carbocycles. The summed E-state index contributed by atoms with van der Waals surface area (Å²) in [7, 11) is -1.25. The van der Waals surface area contributed by atoms with Gasteiger partial charge >= 0.3 is 0 Å². The maximum Gasteiger partial charge on any atom is 0.257 e. The number of hydrogen-bond acceptors (Lipinski definition) is 4. The van der Waals surface area contributed by atoms with Crippen molar-refractivity contribution < 1.29 is 13.2 Å². The van der Waals surface area contributed by atoms with Gasteiger partial charge in [-0.05, 0) is 13.8 Å².